The second-order valence-electron chi connectivity index (χ2n) is 4.29. The van der Waals surface area contributed by atoms with Crippen LogP contribution in [0.4, 0.5) is 0 Å². The van der Waals surface area contributed by atoms with Crippen LogP contribution < -0.4 is 5.32 Å². The maximum Gasteiger partial charge on any atom is 0.252 e. The summed E-state index contributed by atoms with van der Waals surface area (Å²) in [5.41, 5.74) is 0. The number of nitrogens with zero attached hydrogens (tertiary/aromatic N) is 1. The number of amides is 1. The molecule has 114 valence electrons. The quantitative estimate of drug-likeness (QED) is 0.654. The fraction of sp³-hybridized carbons (Fsp3) is 0.583. The molecule has 0 saturated heterocycles. The van der Waals surface area contributed by atoms with Gasteiger partial charge in [0, 0.05) is 33.2 Å². The van der Waals surface area contributed by atoms with Gasteiger partial charge in [0.2, 0.25) is 5.91 Å². The molecule has 0 spiro atoms. The zero-order valence-electron chi connectivity index (χ0n) is 11.4. The van der Waals surface area contributed by atoms with Crippen molar-refractivity contribution in [2.75, 3.05) is 26.7 Å². The second-order valence-corrected chi connectivity index (χ2v) is 7.51. The Balaban J connectivity index is 2.33. The lowest BCUT2D eigenvalue weighted by molar-refractivity contribution is -0.121. The van der Waals surface area contributed by atoms with Gasteiger partial charge in [-0.25, -0.2) is 12.7 Å². The van der Waals surface area contributed by atoms with Gasteiger partial charge in [0.15, 0.2) is 0 Å². The van der Waals surface area contributed by atoms with E-state index < -0.39 is 10.0 Å². The van der Waals surface area contributed by atoms with Crippen LogP contribution >= 0.6 is 11.3 Å². The van der Waals surface area contributed by atoms with E-state index in [9.17, 15) is 13.2 Å². The molecule has 0 unspecified atom stereocenters. The molecule has 0 saturated carbocycles. The number of aliphatic hydroxyl groups excluding tert-OH is 1. The van der Waals surface area contributed by atoms with Crippen molar-refractivity contribution in [3.05, 3.63) is 17.5 Å². The van der Waals surface area contributed by atoms with Gasteiger partial charge in [-0.2, -0.15) is 0 Å². The summed E-state index contributed by atoms with van der Waals surface area (Å²) in [7, 11) is -1.91. The molecule has 1 rings (SSSR count). The summed E-state index contributed by atoms with van der Waals surface area (Å²) in [6.45, 7) is 0.786. The van der Waals surface area contributed by atoms with Crippen LogP contribution in [-0.2, 0) is 14.8 Å². The summed E-state index contributed by atoms with van der Waals surface area (Å²) in [6.07, 6.45) is 1.26. The standard InChI is InChI=1S/C12H20N2O4S2/c1-14(20(17,18)12-6-3-10-19-12)8-2-5-11(16)13-7-4-9-15/h3,6,10,15H,2,4-5,7-9H2,1H3,(H,13,16). The van der Waals surface area contributed by atoms with E-state index >= 15 is 0 Å². The first kappa shape index (κ1) is 17.1. The largest absolute Gasteiger partial charge is 0.396 e. The zero-order chi connectivity index (χ0) is 15.0. The summed E-state index contributed by atoms with van der Waals surface area (Å²) in [4.78, 5) is 11.4. The fourth-order valence-electron chi connectivity index (χ4n) is 1.54. The van der Waals surface area contributed by atoms with Gasteiger partial charge in [-0.3, -0.25) is 4.79 Å². The Morgan fingerprint density at radius 1 is 1.45 bits per heavy atom. The van der Waals surface area contributed by atoms with Gasteiger partial charge in [-0.1, -0.05) is 6.07 Å². The highest BCUT2D eigenvalue weighted by Gasteiger charge is 2.21. The molecule has 8 heteroatoms. The molecule has 6 nitrogen and oxygen atoms in total. The van der Waals surface area contributed by atoms with Gasteiger partial charge in [0.05, 0.1) is 0 Å². The topological polar surface area (TPSA) is 86.7 Å². The minimum atomic E-state index is -3.43. The van der Waals surface area contributed by atoms with Crippen LogP contribution in [-0.4, -0.2) is 50.5 Å². The van der Waals surface area contributed by atoms with E-state index in [1.165, 1.54) is 22.7 Å². The molecule has 1 amide bonds. The van der Waals surface area contributed by atoms with Crippen molar-refractivity contribution in [1.29, 1.82) is 0 Å². The van der Waals surface area contributed by atoms with Crippen LogP contribution in [0.1, 0.15) is 19.3 Å². The summed E-state index contributed by atoms with van der Waals surface area (Å²) < 4.78 is 25.8. The Morgan fingerprint density at radius 3 is 2.80 bits per heavy atom. The van der Waals surface area contributed by atoms with Crippen molar-refractivity contribution in [1.82, 2.24) is 9.62 Å². The molecular formula is C12H20N2O4S2. The van der Waals surface area contributed by atoms with Crippen molar-refractivity contribution >= 4 is 27.3 Å². The van der Waals surface area contributed by atoms with E-state index in [-0.39, 0.29) is 18.9 Å². The molecule has 0 radical (unpaired) electrons. The molecule has 0 atom stereocenters. The number of thiophene rings is 1. The second kappa shape index (κ2) is 8.35. The number of hydrogen-bond acceptors (Lipinski definition) is 5. The summed E-state index contributed by atoms with van der Waals surface area (Å²) in [5, 5.41) is 13.0. The van der Waals surface area contributed by atoms with Crippen molar-refractivity contribution in [2.45, 2.75) is 23.5 Å². The maximum atomic E-state index is 12.1. The van der Waals surface area contributed by atoms with Crippen LogP contribution in [0.5, 0.6) is 0 Å². The van der Waals surface area contributed by atoms with E-state index in [0.29, 0.717) is 30.1 Å². The van der Waals surface area contributed by atoms with Gasteiger partial charge >= 0.3 is 0 Å². The van der Waals surface area contributed by atoms with Crippen molar-refractivity contribution in [3.63, 3.8) is 0 Å². The molecule has 1 aromatic heterocycles. The van der Waals surface area contributed by atoms with Crippen molar-refractivity contribution in [2.24, 2.45) is 0 Å². The molecule has 20 heavy (non-hydrogen) atoms. The van der Waals surface area contributed by atoms with Crippen LogP contribution in [0.15, 0.2) is 21.7 Å². The first-order valence-corrected chi connectivity index (χ1v) is 8.68. The molecule has 0 aliphatic carbocycles. The highest BCUT2D eigenvalue weighted by atomic mass is 32.2. The van der Waals surface area contributed by atoms with E-state index in [1.807, 2.05) is 0 Å². The van der Waals surface area contributed by atoms with E-state index in [2.05, 4.69) is 5.32 Å². The summed E-state index contributed by atoms with van der Waals surface area (Å²) in [5.74, 6) is -0.125. The average molecular weight is 320 g/mol. The highest BCUT2D eigenvalue weighted by molar-refractivity contribution is 7.91. The minimum Gasteiger partial charge on any atom is -0.396 e. The van der Waals surface area contributed by atoms with Crippen LogP contribution in [0.25, 0.3) is 0 Å². The van der Waals surface area contributed by atoms with E-state index in [1.54, 1.807) is 17.5 Å². The smallest absolute Gasteiger partial charge is 0.252 e. The lowest BCUT2D eigenvalue weighted by Gasteiger charge is -2.15. The SMILES string of the molecule is CN(CCCC(=O)NCCCO)S(=O)(=O)c1cccs1. The van der Waals surface area contributed by atoms with Crippen molar-refractivity contribution in [3.8, 4) is 0 Å². The molecule has 1 aromatic rings. The van der Waals surface area contributed by atoms with Crippen LogP contribution in [0, 0.1) is 0 Å². The van der Waals surface area contributed by atoms with Gasteiger partial charge in [0.25, 0.3) is 10.0 Å². The van der Waals surface area contributed by atoms with Crippen LogP contribution in [0.3, 0.4) is 0 Å². The predicted molar refractivity (Wildman–Crippen MR) is 78.1 cm³/mol. The molecule has 1 heterocycles. The molecule has 0 aromatic carbocycles. The number of hydrogen-bond donors (Lipinski definition) is 2. The number of nitrogens with one attached hydrogen (secondary N) is 1. The molecule has 2 N–H and O–H groups in total. The number of aliphatic hydroxyl groups is 1. The summed E-state index contributed by atoms with van der Waals surface area (Å²) in [6, 6.07) is 3.26. The molecular weight excluding hydrogens is 300 g/mol. The van der Waals surface area contributed by atoms with Gasteiger partial charge < -0.3 is 10.4 Å². The normalized spacial score (nSPS) is 11.8. The van der Waals surface area contributed by atoms with Gasteiger partial charge in [0.1, 0.15) is 4.21 Å². The third-order valence-electron chi connectivity index (χ3n) is 2.69. The highest BCUT2D eigenvalue weighted by Crippen LogP contribution is 2.19. The number of sulfonamides is 1. The number of carbonyl (C=O) groups is 1. The minimum absolute atomic E-state index is 0.0437. The van der Waals surface area contributed by atoms with Gasteiger partial charge in [-0.05, 0) is 24.3 Å². The third kappa shape index (κ3) is 5.20. The van der Waals surface area contributed by atoms with E-state index in [0.717, 1.165) is 0 Å². The number of carbonyl (C=O) groups excluding carboxylic acids is 1. The van der Waals surface area contributed by atoms with Gasteiger partial charge in [-0.15, -0.1) is 11.3 Å². The Morgan fingerprint density at radius 2 is 2.20 bits per heavy atom. The first-order valence-electron chi connectivity index (χ1n) is 6.36. The van der Waals surface area contributed by atoms with E-state index in [4.69, 9.17) is 5.11 Å². The molecule has 0 fully saturated rings. The lowest BCUT2D eigenvalue weighted by Crippen LogP contribution is -2.29. The maximum absolute atomic E-state index is 12.1. The summed E-state index contributed by atoms with van der Waals surface area (Å²) >= 11 is 1.18. The average Bonchev–Trinajstić information content (AvgIpc) is 2.93. The monoisotopic (exact) mass is 320 g/mol. The molecule has 0 bridgehead atoms. The van der Waals surface area contributed by atoms with Crippen LogP contribution in [0.2, 0.25) is 0 Å². The Labute approximate surface area is 123 Å². The predicted octanol–water partition coefficient (Wildman–Crippen LogP) is 0.647. The fourth-order valence-corrected chi connectivity index (χ4v) is 3.95. The Kier molecular flexibility index (Phi) is 7.14. The molecule has 0 aliphatic rings. The third-order valence-corrected chi connectivity index (χ3v) is 5.92. The lowest BCUT2D eigenvalue weighted by atomic mass is 10.3. The Bertz CT molecular complexity index is 500. The first-order chi connectivity index (χ1) is 9.48. The molecule has 0 aliphatic heterocycles. The Hall–Kier alpha value is -0.960. The number of rotatable bonds is 9. The van der Waals surface area contributed by atoms with Crippen molar-refractivity contribution < 1.29 is 18.3 Å². The zero-order valence-corrected chi connectivity index (χ0v) is 13.0.